The summed E-state index contributed by atoms with van der Waals surface area (Å²) in [5, 5.41) is 3.13. The average Bonchev–Trinajstić information content (AvgIpc) is 3.40. The number of carbonyl (C=O) groups is 2. The zero-order valence-corrected chi connectivity index (χ0v) is 16.0. The van der Waals surface area contributed by atoms with Gasteiger partial charge in [0.1, 0.15) is 0 Å². The first-order chi connectivity index (χ1) is 12.4. The van der Waals surface area contributed by atoms with Crippen LogP contribution in [-0.4, -0.2) is 38.2 Å². The average molecular weight is 382 g/mol. The first kappa shape index (κ1) is 20.1. The predicted molar refractivity (Wildman–Crippen MR) is 99.5 cm³/mol. The van der Waals surface area contributed by atoms with Crippen molar-refractivity contribution in [2.24, 2.45) is 5.92 Å². The van der Waals surface area contributed by atoms with Gasteiger partial charge in [0.25, 0.3) is 5.91 Å². The Kier molecular flexibility index (Phi) is 7.33. The van der Waals surface area contributed by atoms with Crippen LogP contribution in [-0.2, 0) is 14.3 Å². The highest BCUT2D eigenvalue weighted by Crippen LogP contribution is 2.37. The number of nitrogens with one attached hydrogen (secondary N) is 1. The summed E-state index contributed by atoms with van der Waals surface area (Å²) >= 11 is 6.26. The van der Waals surface area contributed by atoms with Crippen LogP contribution in [0.5, 0.6) is 11.5 Å². The van der Waals surface area contributed by atoms with E-state index < -0.39 is 5.97 Å². The minimum absolute atomic E-state index is 0.239. The van der Waals surface area contributed by atoms with Gasteiger partial charge >= 0.3 is 5.97 Å². The number of benzene rings is 1. The molecule has 2 rings (SSSR count). The first-order valence-electron chi connectivity index (χ1n) is 8.53. The zero-order valence-electron chi connectivity index (χ0n) is 15.2. The molecule has 7 heteroatoms. The summed E-state index contributed by atoms with van der Waals surface area (Å²) < 4.78 is 15.9. The van der Waals surface area contributed by atoms with E-state index in [1.165, 1.54) is 13.2 Å². The van der Waals surface area contributed by atoms with E-state index in [1.54, 1.807) is 18.2 Å². The van der Waals surface area contributed by atoms with Gasteiger partial charge in [-0.05, 0) is 42.5 Å². The molecule has 1 saturated carbocycles. The minimum atomic E-state index is -0.605. The highest BCUT2D eigenvalue weighted by atomic mass is 35.5. The number of carbonyl (C=O) groups excluding carboxylic acids is 2. The molecule has 0 bridgehead atoms. The Balaban J connectivity index is 1.94. The Morgan fingerprint density at radius 1 is 1.35 bits per heavy atom. The van der Waals surface area contributed by atoms with E-state index in [-0.39, 0.29) is 18.6 Å². The predicted octanol–water partition coefficient (Wildman–Crippen LogP) is 3.22. The number of ether oxygens (including phenoxy) is 3. The van der Waals surface area contributed by atoms with Gasteiger partial charge in [0.05, 0.1) is 18.7 Å². The zero-order chi connectivity index (χ0) is 19.1. The molecule has 26 heavy (non-hydrogen) atoms. The maximum absolute atomic E-state index is 11.7. The summed E-state index contributed by atoms with van der Waals surface area (Å²) in [6.45, 7) is 4.30. The van der Waals surface area contributed by atoms with Crippen LogP contribution in [0.2, 0.25) is 5.02 Å². The van der Waals surface area contributed by atoms with Crippen LogP contribution in [0, 0.1) is 5.92 Å². The summed E-state index contributed by atoms with van der Waals surface area (Å²) in [4.78, 5) is 23.2. The summed E-state index contributed by atoms with van der Waals surface area (Å²) in [5.74, 6) is 0.410. The van der Waals surface area contributed by atoms with Gasteiger partial charge in [-0.3, -0.25) is 4.79 Å². The largest absolute Gasteiger partial charge is 0.493 e. The molecule has 0 heterocycles. The van der Waals surface area contributed by atoms with E-state index >= 15 is 0 Å². The minimum Gasteiger partial charge on any atom is -0.493 e. The van der Waals surface area contributed by atoms with Crippen LogP contribution in [0.4, 0.5) is 0 Å². The molecular formula is C19H24ClNO5. The Morgan fingerprint density at radius 3 is 2.69 bits per heavy atom. The standard InChI is InChI=1S/C19H24ClNO5/c1-12(2)10-26-19-15(20)8-13(9-16(19)24-3)4-7-18(23)25-11-17(22)21-14-5-6-14/h4,7-9,12,14H,5-6,10-11H2,1-3H3,(H,21,22)/b7-4+. The van der Waals surface area contributed by atoms with Gasteiger partial charge in [0.15, 0.2) is 18.1 Å². The quantitative estimate of drug-likeness (QED) is 0.525. The molecule has 1 fully saturated rings. The maximum atomic E-state index is 11.7. The van der Waals surface area contributed by atoms with Crippen molar-refractivity contribution in [1.29, 1.82) is 0 Å². The molecule has 1 amide bonds. The molecule has 0 saturated heterocycles. The topological polar surface area (TPSA) is 73.9 Å². The lowest BCUT2D eigenvalue weighted by molar-refractivity contribution is -0.143. The number of halogens is 1. The molecule has 1 aliphatic carbocycles. The third-order valence-corrected chi connectivity index (χ3v) is 3.79. The van der Waals surface area contributed by atoms with Gasteiger partial charge in [0, 0.05) is 12.1 Å². The van der Waals surface area contributed by atoms with Crippen molar-refractivity contribution in [2.75, 3.05) is 20.3 Å². The van der Waals surface area contributed by atoms with E-state index in [4.69, 9.17) is 25.8 Å². The molecule has 1 aromatic carbocycles. The van der Waals surface area contributed by atoms with Gasteiger partial charge in [0.2, 0.25) is 0 Å². The highest BCUT2D eigenvalue weighted by Gasteiger charge is 2.23. The second-order valence-electron chi connectivity index (χ2n) is 6.52. The molecule has 1 N–H and O–H groups in total. The molecule has 142 valence electrons. The highest BCUT2D eigenvalue weighted by molar-refractivity contribution is 6.32. The van der Waals surface area contributed by atoms with E-state index in [2.05, 4.69) is 5.32 Å². The second kappa shape index (κ2) is 9.48. The Labute approximate surface area is 158 Å². The van der Waals surface area contributed by atoms with Crippen LogP contribution in [0.1, 0.15) is 32.3 Å². The van der Waals surface area contributed by atoms with Crippen molar-refractivity contribution < 1.29 is 23.8 Å². The summed E-state index contributed by atoms with van der Waals surface area (Å²) in [7, 11) is 1.52. The third kappa shape index (κ3) is 6.59. The van der Waals surface area contributed by atoms with Gasteiger partial charge in [-0.2, -0.15) is 0 Å². The number of amides is 1. The molecule has 1 aliphatic rings. The summed E-state index contributed by atoms with van der Waals surface area (Å²) in [5.41, 5.74) is 0.656. The van der Waals surface area contributed by atoms with Gasteiger partial charge in [-0.25, -0.2) is 4.79 Å². The molecule has 1 aromatic rings. The maximum Gasteiger partial charge on any atom is 0.331 e. The molecule has 0 atom stereocenters. The van der Waals surface area contributed by atoms with Crippen molar-refractivity contribution in [3.63, 3.8) is 0 Å². The van der Waals surface area contributed by atoms with Gasteiger partial charge in [-0.1, -0.05) is 25.4 Å². The normalized spacial score (nSPS) is 13.7. The summed E-state index contributed by atoms with van der Waals surface area (Å²) in [6.07, 6.45) is 4.75. The van der Waals surface area contributed by atoms with Crippen LogP contribution in [0.15, 0.2) is 18.2 Å². The van der Waals surface area contributed by atoms with E-state index in [0.29, 0.717) is 34.6 Å². The molecule has 0 radical (unpaired) electrons. The second-order valence-corrected chi connectivity index (χ2v) is 6.93. The lowest BCUT2D eigenvalue weighted by Gasteiger charge is -2.14. The van der Waals surface area contributed by atoms with Crippen LogP contribution in [0.25, 0.3) is 6.08 Å². The van der Waals surface area contributed by atoms with Crippen molar-refractivity contribution in [1.82, 2.24) is 5.32 Å². The molecule has 0 aliphatic heterocycles. The van der Waals surface area contributed by atoms with Crippen LogP contribution >= 0.6 is 11.6 Å². The third-order valence-electron chi connectivity index (χ3n) is 3.51. The Bertz CT molecular complexity index is 683. The monoisotopic (exact) mass is 381 g/mol. The van der Waals surface area contributed by atoms with E-state index in [0.717, 1.165) is 12.8 Å². The smallest absolute Gasteiger partial charge is 0.331 e. The Hall–Kier alpha value is -2.21. The molecule has 0 unspecified atom stereocenters. The van der Waals surface area contributed by atoms with Crippen molar-refractivity contribution >= 4 is 29.6 Å². The molecule has 0 spiro atoms. The summed E-state index contributed by atoms with van der Waals surface area (Å²) in [6, 6.07) is 3.62. The first-order valence-corrected chi connectivity index (χ1v) is 8.91. The molecule has 0 aromatic heterocycles. The van der Waals surface area contributed by atoms with Crippen molar-refractivity contribution in [3.05, 3.63) is 28.8 Å². The number of hydrogen-bond donors (Lipinski definition) is 1. The fourth-order valence-corrected chi connectivity index (χ4v) is 2.35. The SMILES string of the molecule is COc1cc(/C=C/C(=O)OCC(=O)NC2CC2)cc(Cl)c1OCC(C)C. The fourth-order valence-electron chi connectivity index (χ4n) is 2.07. The lowest BCUT2D eigenvalue weighted by Crippen LogP contribution is -2.30. The lowest BCUT2D eigenvalue weighted by atomic mass is 10.2. The number of methoxy groups -OCH3 is 1. The van der Waals surface area contributed by atoms with E-state index in [9.17, 15) is 9.59 Å². The van der Waals surface area contributed by atoms with Crippen LogP contribution < -0.4 is 14.8 Å². The number of esters is 1. The molecular weight excluding hydrogens is 358 g/mol. The van der Waals surface area contributed by atoms with Crippen molar-refractivity contribution in [2.45, 2.75) is 32.7 Å². The fraction of sp³-hybridized carbons (Fsp3) is 0.474. The molecule has 6 nitrogen and oxygen atoms in total. The number of rotatable bonds is 9. The van der Waals surface area contributed by atoms with E-state index in [1.807, 2.05) is 13.8 Å². The van der Waals surface area contributed by atoms with Gasteiger partial charge in [-0.15, -0.1) is 0 Å². The van der Waals surface area contributed by atoms with Crippen molar-refractivity contribution in [3.8, 4) is 11.5 Å². The number of hydrogen-bond acceptors (Lipinski definition) is 5. The van der Waals surface area contributed by atoms with Crippen LogP contribution in [0.3, 0.4) is 0 Å². The van der Waals surface area contributed by atoms with Gasteiger partial charge < -0.3 is 19.5 Å². The Morgan fingerprint density at radius 2 is 2.08 bits per heavy atom.